The number of amides is 1. The maximum absolute atomic E-state index is 13.1. The average molecular weight is 480 g/mol. The first-order valence-corrected chi connectivity index (χ1v) is 12.6. The van der Waals surface area contributed by atoms with E-state index in [0.717, 1.165) is 41.8 Å². The van der Waals surface area contributed by atoms with Gasteiger partial charge in [0.15, 0.2) is 6.17 Å². The molecule has 0 saturated carbocycles. The van der Waals surface area contributed by atoms with E-state index in [1.807, 2.05) is 13.0 Å². The van der Waals surface area contributed by atoms with Gasteiger partial charge in [-0.05, 0) is 66.8 Å². The normalized spacial score (nSPS) is 19.7. The maximum Gasteiger partial charge on any atom is 0.280 e. The lowest BCUT2D eigenvalue weighted by Crippen LogP contribution is -2.38. The first kappa shape index (κ1) is 22.7. The highest BCUT2D eigenvalue weighted by molar-refractivity contribution is 7.16. The Kier molecular flexibility index (Phi) is 5.51. The van der Waals surface area contributed by atoms with E-state index in [0.29, 0.717) is 23.0 Å². The highest BCUT2D eigenvalue weighted by atomic mass is 32.1. The number of hydrogen-bond acceptors (Lipinski definition) is 6. The quantitative estimate of drug-likeness (QED) is 0.317. The molecule has 0 radical (unpaired) electrons. The van der Waals surface area contributed by atoms with Crippen LogP contribution in [0.3, 0.4) is 0 Å². The molecule has 178 valence electrons. The average Bonchev–Trinajstić information content (AvgIpc) is 3.43. The van der Waals surface area contributed by atoms with Crippen LogP contribution < -0.4 is 10.6 Å². The summed E-state index contributed by atoms with van der Waals surface area (Å²) >= 11 is 1.68. The van der Waals surface area contributed by atoms with Gasteiger partial charge in [0, 0.05) is 10.9 Å². The first-order chi connectivity index (χ1) is 16.2. The fraction of sp³-hybridized carbons (Fsp3) is 0.423. The van der Waals surface area contributed by atoms with Gasteiger partial charge in [-0.25, -0.2) is 0 Å². The number of fused-ring (bicyclic) bond motifs is 3. The van der Waals surface area contributed by atoms with Crippen LogP contribution in [0.1, 0.15) is 71.9 Å². The van der Waals surface area contributed by atoms with Crippen molar-refractivity contribution in [2.45, 2.75) is 59.5 Å². The molecule has 5 rings (SSSR count). The standard InChI is InChI=1S/C26H29N3O4S/c1-5-26(3,4)15-7-9-17-21(13-15)34-25-22(17)24(30)27-23(28-25)20-11-10-19(33-20)16-8-6-14(2)12-18(16)29(31)32/h6,8,10-12,15,23,28H,5,7,9,13H2,1-4H3,(H,27,30). The molecule has 2 N–H and O–H groups in total. The van der Waals surface area contributed by atoms with Crippen molar-refractivity contribution in [2.75, 3.05) is 5.32 Å². The van der Waals surface area contributed by atoms with Gasteiger partial charge >= 0.3 is 0 Å². The number of nitro groups is 1. The Morgan fingerprint density at radius 2 is 2.03 bits per heavy atom. The van der Waals surface area contributed by atoms with Crippen LogP contribution in [-0.2, 0) is 12.8 Å². The molecule has 2 aliphatic rings. The fourth-order valence-electron chi connectivity index (χ4n) is 5.05. The van der Waals surface area contributed by atoms with Gasteiger partial charge < -0.3 is 15.1 Å². The number of thiophene rings is 1. The van der Waals surface area contributed by atoms with Gasteiger partial charge in [-0.15, -0.1) is 11.3 Å². The molecule has 1 amide bonds. The summed E-state index contributed by atoms with van der Waals surface area (Å²) in [4.78, 5) is 25.6. The molecule has 0 spiro atoms. The number of benzene rings is 1. The van der Waals surface area contributed by atoms with Crippen molar-refractivity contribution >= 4 is 27.9 Å². The zero-order valence-electron chi connectivity index (χ0n) is 19.9. The van der Waals surface area contributed by atoms with Gasteiger partial charge in [-0.3, -0.25) is 14.9 Å². The number of nitrogens with zero attached hydrogens (tertiary/aromatic N) is 1. The second-order valence-corrected chi connectivity index (χ2v) is 11.1. The topological polar surface area (TPSA) is 97.4 Å². The Labute approximate surface area is 202 Å². The van der Waals surface area contributed by atoms with Crippen molar-refractivity contribution < 1.29 is 14.1 Å². The summed E-state index contributed by atoms with van der Waals surface area (Å²) in [5.74, 6) is 1.43. The minimum absolute atomic E-state index is 0.000634. The number of aryl methyl sites for hydroxylation is 1. The lowest BCUT2D eigenvalue weighted by atomic mass is 9.69. The zero-order chi connectivity index (χ0) is 24.2. The van der Waals surface area contributed by atoms with Crippen LogP contribution in [0.25, 0.3) is 11.3 Å². The number of nitrogens with one attached hydrogen (secondary N) is 2. The van der Waals surface area contributed by atoms with Crippen molar-refractivity contribution in [1.82, 2.24) is 5.32 Å². The SMILES string of the molecule is CCC(C)(C)C1CCc2c(sc3c2C(=O)NC(c2ccc(-c4ccc(C)cc4[N+](=O)[O-])o2)N3)C1. The second kappa shape index (κ2) is 8.27. The number of nitro benzene ring substituents is 1. The van der Waals surface area contributed by atoms with Gasteiger partial charge in [0.25, 0.3) is 11.6 Å². The van der Waals surface area contributed by atoms with E-state index in [-0.39, 0.29) is 17.0 Å². The minimum Gasteiger partial charge on any atom is -0.457 e. The molecular formula is C26H29N3O4S. The van der Waals surface area contributed by atoms with Crippen LogP contribution >= 0.6 is 11.3 Å². The lowest BCUT2D eigenvalue weighted by molar-refractivity contribution is -0.384. The number of furan rings is 1. The summed E-state index contributed by atoms with van der Waals surface area (Å²) in [6.07, 6.45) is 3.65. The number of carbonyl (C=O) groups excluding carboxylic acids is 1. The van der Waals surface area contributed by atoms with Gasteiger partial charge in [0.05, 0.1) is 16.1 Å². The van der Waals surface area contributed by atoms with E-state index < -0.39 is 11.1 Å². The molecule has 0 fully saturated rings. The van der Waals surface area contributed by atoms with E-state index in [4.69, 9.17) is 4.42 Å². The lowest BCUT2D eigenvalue weighted by Gasteiger charge is -2.36. The van der Waals surface area contributed by atoms with E-state index in [1.165, 1.54) is 16.5 Å². The minimum atomic E-state index is -0.527. The van der Waals surface area contributed by atoms with Gasteiger partial charge in [-0.2, -0.15) is 0 Å². The van der Waals surface area contributed by atoms with Gasteiger partial charge in [-0.1, -0.05) is 33.3 Å². The third kappa shape index (κ3) is 3.79. The van der Waals surface area contributed by atoms with Crippen molar-refractivity contribution in [3.05, 3.63) is 67.8 Å². The zero-order valence-corrected chi connectivity index (χ0v) is 20.7. The molecule has 3 heterocycles. The van der Waals surface area contributed by atoms with Crippen molar-refractivity contribution in [1.29, 1.82) is 0 Å². The Hall–Kier alpha value is -3.13. The van der Waals surface area contributed by atoms with E-state index in [9.17, 15) is 14.9 Å². The molecule has 2 unspecified atom stereocenters. The fourth-order valence-corrected chi connectivity index (χ4v) is 6.40. The van der Waals surface area contributed by atoms with Crippen molar-refractivity contribution in [2.24, 2.45) is 11.3 Å². The maximum atomic E-state index is 13.1. The predicted molar refractivity (Wildman–Crippen MR) is 133 cm³/mol. The molecule has 1 aromatic carbocycles. The Balaban J connectivity index is 1.42. The molecule has 3 aromatic rings. The monoisotopic (exact) mass is 479 g/mol. The van der Waals surface area contributed by atoms with E-state index in [1.54, 1.807) is 29.5 Å². The smallest absolute Gasteiger partial charge is 0.280 e. The van der Waals surface area contributed by atoms with Crippen LogP contribution in [0.4, 0.5) is 10.7 Å². The van der Waals surface area contributed by atoms with E-state index in [2.05, 4.69) is 31.4 Å². The highest BCUT2D eigenvalue weighted by Crippen LogP contribution is 2.47. The Morgan fingerprint density at radius 1 is 1.24 bits per heavy atom. The Bertz CT molecular complexity index is 1290. The summed E-state index contributed by atoms with van der Waals surface area (Å²) in [6.45, 7) is 8.74. The molecule has 2 atom stereocenters. The molecule has 2 aromatic heterocycles. The molecule has 8 heteroatoms. The number of anilines is 1. The number of carbonyl (C=O) groups is 1. The summed E-state index contributed by atoms with van der Waals surface area (Å²) in [5, 5.41) is 18.9. The van der Waals surface area contributed by atoms with Crippen LogP contribution in [0.5, 0.6) is 0 Å². The van der Waals surface area contributed by atoms with Crippen LogP contribution in [0, 0.1) is 28.4 Å². The first-order valence-electron chi connectivity index (χ1n) is 11.7. The van der Waals surface area contributed by atoms with Crippen LogP contribution in [0.2, 0.25) is 0 Å². The molecule has 34 heavy (non-hydrogen) atoms. The molecule has 1 aliphatic heterocycles. The van der Waals surface area contributed by atoms with Crippen LogP contribution in [0.15, 0.2) is 34.7 Å². The van der Waals surface area contributed by atoms with Crippen molar-refractivity contribution in [3.63, 3.8) is 0 Å². The molecular weight excluding hydrogens is 450 g/mol. The van der Waals surface area contributed by atoms with Crippen LogP contribution in [-0.4, -0.2) is 10.8 Å². The third-order valence-corrected chi connectivity index (χ3v) is 8.77. The highest BCUT2D eigenvalue weighted by Gasteiger charge is 2.38. The van der Waals surface area contributed by atoms with Gasteiger partial charge in [0.2, 0.25) is 0 Å². The molecule has 1 aliphatic carbocycles. The summed E-state index contributed by atoms with van der Waals surface area (Å²) in [6, 6.07) is 8.53. The molecule has 7 nitrogen and oxygen atoms in total. The number of hydrogen-bond donors (Lipinski definition) is 2. The second-order valence-electron chi connectivity index (χ2n) is 10.0. The van der Waals surface area contributed by atoms with Crippen molar-refractivity contribution in [3.8, 4) is 11.3 Å². The molecule has 0 saturated heterocycles. The summed E-state index contributed by atoms with van der Waals surface area (Å²) in [7, 11) is 0. The third-order valence-electron chi connectivity index (χ3n) is 7.59. The number of rotatable bonds is 5. The summed E-state index contributed by atoms with van der Waals surface area (Å²) < 4.78 is 6.00. The largest absolute Gasteiger partial charge is 0.457 e. The van der Waals surface area contributed by atoms with E-state index >= 15 is 0 Å². The Morgan fingerprint density at radius 3 is 2.76 bits per heavy atom. The molecule has 0 bridgehead atoms. The predicted octanol–water partition coefficient (Wildman–Crippen LogP) is 6.62. The van der Waals surface area contributed by atoms with Gasteiger partial charge in [0.1, 0.15) is 16.5 Å². The summed E-state index contributed by atoms with van der Waals surface area (Å²) in [5.41, 5.74) is 3.46.